The van der Waals surface area contributed by atoms with Crippen molar-refractivity contribution in [1.82, 2.24) is 19.8 Å². The first kappa shape index (κ1) is 22.3. The number of piperazine rings is 1. The Morgan fingerprint density at radius 2 is 1.87 bits per heavy atom. The zero-order chi connectivity index (χ0) is 21.9. The van der Waals surface area contributed by atoms with Crippen molar-refractivity contribution in [1.29, 1.82) is 0 Å². The van der Waals surface area contributed by atoms with Gasteiger partial charge in [0.1, 0.15) is 0 Å². The highest BCUT2D eigenvalue weighted by molar-refractivity contribution is 7.89. The Bertz CT molecular complexity index is 965. The van der Waals surface area contributed by atoms with Crippen molar-refractivity contribution in [3.8, 4) is 0 Å². The van der Waals surface area contributed by atoms with Crippen LogP contribution in [0.25, 0.3) is 0 Å². The second-order valence-electron chi connectivity index (χ2n) is 7.43. The van der Waals surface area contributed by atoms with Crippen molar-refractivity contribution >= 4 is 22.0 Å². The van der Waals surface area contributed by atoms with E-state index in [0.717, 1.165) is 11.1 Å². The summed E-state index contributed by atoms with van der Waals surface area (Å²) in [5, 5.41) is 5.27. The van der Waals surface area contributed by atoms with Crippen molar-refractivity contribution in [2.24, 2.45) is 0 Å². The molecule has 2 heterocycles. The predicted octanol–water partition coefficient (Wildman–Crippen LogP) is 0.740. The fraction of sp³-hybridized carbons (Fsp3) is 0.500. The molecule has 0 saturated carbocycles. The largest absolute Gasteiger partial charge is 0.463 e. The second-order valence-corrected chi connectivity index (χ2v) is 9.34. The summed E-state index contributed by atoms with van der Waals surface area (Å²) in [5.74, 6) is -0.462. The minimum atomic E-state index is -3.57. The van der Waals surface area contributed by atoms with E-state index in [-0.39, 0.29) is 19.2 Å². The summed E-state index contributed by atoms with van der Waals surface area (Å²) in [6.45, 7) is 7.76. The van der Waals surface area contributed by atoms with Crippen molar-refractivity contribution in [3.05, 3.63) is 40.6 Å². The molecular weight excluding hydrogens is 408 g/mol. The number of hydrogen-bond acceptors (Lipinski definition) is 6. The number of amides is 2. The molecule has 0 radical (unpaired) electrons. The fourth-order valence-electron chi connectivity index (χ4n) is 3.56. The third kappa shape index (κ3) is 4.82. The zero-order valence-electron chi connectivity index (χ0n) is 17.5. The normalized spacial score (nSPS) is 18.7. The summed E-state index contributed by atoms with van der Waals surface area (Å²) in [7, 11) is -3.57. The van der Waals surface area contributed by atoms with Gasteiger partial charge in [0.15, 0.2) is 0 Å². The molecule has 2 amide bonds. The maximum atomic E-state index is 13.1. The molecule has 1 aromatic carbocycles. The van der Waals surface area contributed by atoms with E-state index in [1.54, 1.807) is 19.9 Å². The van der Waals surface area contributed by atoms with E-state index >= 15 is 0 Å². The molecule has 2 N–H and O–H groups in total. The summed E-state index contributed by atoms with van der Waals surface area (Å²) in [6, 6.07) is 5.06. The maximum Gasteiger partial charge on any atom is 0.337 e. The van der Waals surface area contributed by atoms with E-state index in [0.29, 0.717) is 48.9 Å². The van der Waals surface area contributed by atoms with Gasteiger partial charge in [-0.15, -0.1) is 0 Å². The molecule has 30 heavy (non-hydrogen) atoms. The molecule has 10 heteroatoms. The lowest BCUT2D eigenvalue weighted by atomic mass is 10.1. The lowest BCUT2D eigenvalue weighted by Gasteiger charge is -2.35. The van der Waals surface area contributed by atoms with Gasteiger partial charge in [0.2, 0.25) is 10.0 Å². The van der Waals surface area contributed by atoms with Crippen LogP contribution < -0.4 is 10.6 Å². The highest BCUT2D eigenvalue weighted by Gasteiger charge is 2.31. The van der Waals surface area contributed by atoms with Gasteiger partial charge < -0.3 is 15.4 Å². The number of aryl methyl sites for hydroxylation is 2. The van der Waals surface area contributed by atoms with Crippen LogP contribution in [0.5, 0.6) is 0 Å². The number of rotatable bonds is 6. The van der Waals surface area contributed by atoms with Crippen LogP contribution in [-0.2, 0) is 19.6 Å². The Morgan fingerprint density at radius 3 is 2.53 bits per heavy atom. The van der Waals surface area contributed by atoms with Gasteiger partial charge in [-0.2, -0.15) is 4.31 Å². The summed E-state index contributed by atoms with van der Waals surface area (Å²) in [4.78, 5) is 26.3. The van der Waals surface area contributed by atoms with Crippen LogP contribution in [0.3, 0.4) is 0 Å². The third-order valence-electron chi connectivity index (χ3n) is 5.25. The van der Waals surface area contributed by atoms with Crippen LogP contribution in [0.15, 0.2) is 34.4 Å². The van der Waals surface area contributed by atoms with Gasteiger partial charge in [0, 0.05) is 38.4 Å². The molecule has 0 aliphatic carbocycles. The maximum absolute atomic E-state index is 13.1. The summed E-state index contributed by atoms with van der Waals surface area (Å²) in [5.41, 5.74) is 2.52. The van der Waals surface area contributed by atoms with Gasteiger partial charge in [0.05, 0.1) is 23.6 Å². The molecule has 2 aliphatic rings. The number of esters is 1. The Balaban J connectivity index is 1.69. The van der Waals surface area contributed by atoms with Gasteiger partial charge in [-0.3, -0.25) is 4.90 Å². The quantitative estimate of drug-likeness (QED) is 0.637. The molecule has 2 aliphatic heterocycles. The van der Waals surface area contributed by atoms with Crippen LogP contribution in [0.2, 0.25) is 0 Å². The van der Waals surface area contributed by atoms with Gasteiger partial charge >= 0.3 is 12.0 Å². The highest BCUT2D eigenvalue weighted by atomic mass is 32.2. The number of ether oxygens (including phenoxy) is 1. The first-order valence-corrected chi connectivity index (χ1v) is 11.4. The second kappa shape index (κ2) is 9.15. The number of carbonyl (C=O) groups is 2. The SMILES string of the molecule is CCOC(=O)C1=C(CN2CCN(S(=O)(=O)c3cc(C)ccc3C)CC2)NC(=O)NC1. The van der Waals surface area contributed by atoms with Crippen LogP contribution in [0.4, 0.5) is 4.79 Å². The molecule has 0 spiro atoms. The molecule has 1 aromatic rings. The van der Waals surface area contributed by atoms with Gasteiger partial charge in [-0.25, -0.2) is 18.0 Å². The van der Waals surface area contributed by atoms with Crippen molar-refractivity contribution in [2.75, 3.05) is 45.9 Å². The van der Waals surface area contributed by atoms with Crippen LogP contribution in [0, 0.1) is 13.8 Å². The number of sulfonamides is 1. The first-order chi connectivity index (χ1) is 14.2. The first-order valence-electron chi connectivity index (χ1n) is 9.96. The number of nitrogens with one attached hydrogen (secondary N) is 2. The van der Waals surface area contributed by atoms with Gasteiger partial charge in [-0.05, 0) is 38.0 Å². The van der Waals surface area contributed by atoms with E-state index in [2.05, 4.69) is 10.6 Å². The van der Waals surface area contributed by atoms with Crippen molar-refractivity contribution in [2.45, 2.75) is 25.7 Å². The van der Waals surface area contributed by atoms with E-state index in [9.17, 15) is 18.0 Å². The van der Waals surface area contributed by atoms with E-state index < -0.39 is 16.0 Å². The molecule has 3 rings (SSSR count). The van der Waals surface area contributed by atoms with Crippen LogP contribution in [0.1, 0.15) is 18.1 Å². The summed E-state index contributed by atoms with van der Waals surface area (Å²) in [6.07, 6.45) is 0. The number of hydrogen-bond donors (Lipinski definition) is 2. The lowest BCUT2D eigenvalue weighted by molar-refractivity contribution is -0.138. The fourth-order valence-corrected chi connectivity index (χ4v) is 5.29. The van der Waals surface area contributed by atoms with Gasteiger partial charge in [-0.1, -0.05) is 12.1 Å². The molecule has 0 atom stereocenters. The molecule has 9 nitrogen and oxygen atoms in total. The smallest absolute Gasteiger partial charge is 0.337 e. The Morgan fingerprint density at radius 1 is 1.17 bits per heavy atom. The molecule has 0 bridgehead atoms. The molecule has 164 valence electrons. The summed E-state index contributed by atoms with van der Waals surface area (Å²) < 4.78 is 32.7. The Labute approximate surface area is 177 Å². The summed E-state index contributed by atoms with van der Waals surface area (Å²) >= 11 is 0. The van der Waals surface area contributed by atoms with Crippen LogP contribution in [-0.4, -0.2) is 75.5 Å². The minimum Gasteiger partial charge on any atom is -0.463 e. The van der Waals surface area contributed by atoms with E-state index in [4.69, 9.17) is 4.74 Å². The Kier molecular flexibility index (Phi) is 6.79. The monoisotopic (exact) mass is 436 g/mol. The molecule has 1 saturated heterocycles. The molecule has 0 unspecified atom stereocenters. The predicted molar refractivity (Wildman–Crippen MR) is 111 cm³/mol. The topological polar surface area (TPSA) is 108 Å². The van der Waals surface area contributed by atoms with E-state index in [1.807, 2.05) is 24.0 Å². The molecular formula is C20H28N4O5S. The lowest BCUT2D eigenvalue weighted by Crippen LogP contribution is -2.52. The Hall–Kier alpha value is -2.43. The zero-order valence-corrected chi connectivity index (χ0v) is 18.3. The number of nitrogens with zero attached hydrogens (tertiary/aromatic N) is 2. The van der Waals surface area contributed by atoms with Crippen molar-refractivity contribution < 1.29 is 22.7 Å². The van der Waals surface area contributed by atoms with Gasteiger partial charge in [0.25, 0.3) is 0 Å². The number of urea groups is 1. The third-order valence-corrected chi connectivity index (χ3v) is 7.29. The standard InChI is InChI=1S/C20H28N4O5S/c1-4-29-19(25)16-12-21-20(26)22-17(16)13-23-7-9-24(10-8-23)30(27,28)18-11-14(2)5-6-15(18)3/h5-6,11H,4,7-10,12-13H2,1-3H3,(H2,21,22,26). The van der Waals surface area contributed by atoms with Crippen molar-refractivity contribution in [3.63, 3.8) is 0 Å². The molecule has 0 aromatic heterocycles. The molecule has 1 fully saturated rings. The average Bonchev–Trinajstić information content (AvgIpc) is 2.70. The van der Waals surface area contributed by atoms with Crippen LogP contribution >= 0.6 is 0 Å². The van der Waals surface area contributed by atoms with E-state index in [1.165, 1.54) is 4.31 Å². The number of benzene rings is 1. The number of carbonyl (C=O) groups excluding carboxylic acids is 2. The average molecular weight is 437 g/mol. The minimum absolute atomic E-state index is 0.112. The highest BCUT2D eigenvalue weighted by Crippen LogP contribution is 2.23.